The lowest BCUT2D eigenvalue weighted by molar-refractivity contribution is 0.0663. The van der Waals surface area contributed by atoms with Crippen molar-refractivity contribution < 1.29 is 4.79 Å². The van der Waals surface area contributed by atoms with E-state index in [9.17, 15) is 4.79 Å². The van der Waals surface area contributed by atoms with E-state index in [2.05, 4.69) is 60.6 Å². The summed E-state index contributed by atoms with van der Waals surface area (Å²) in [6.45, 7) is 4.40. The van der Waals surface area contributed by atoms with Crippen molar-refractivity contribution in [2.24, 2.45) is 5.73 Å². The number of fused-ring (bicyclic) bond motifs is 4. The van der Waals surface area contributed by atoms with Crippen molar-refractivity contribution in [3.63, 3.8) is 0 Å². The van der Waals surface area contributed by atoms with E-state index in [4.69, 9.17) is 5.73 Å². The van der Waals surface area contributed by atoms with Crippen molar-refractivity contribution in [2.45, 2.75) is 43.7 Å². The first-order chi connectivity index (χ1) is 13.0. The molecular formula is C23H29N3O. The fraction of sp³-hybridized carbons (Fsp3) is 0.435. The highest BCUT2D eigenvalue weighted by Crippen LogP contribution is 2.44. The molecule has 0 spiro atoms. The zero-order valence-corrected chi connectivity index (χ0v) is 16.2. The van der Waals surface area contributed by atoms with Gasteiger partial charge in [-0.25, -0.2) is 0 Å². The summed E-state index contributed by atoms with van der Waals surface area (Å²) in [7, 11) is 2.24. The van der Waals surface area contributed by atoms with Crippen molar-refractivity contribution >= 4 is 5.91 Å². The summed E-state index contributed by atoms with van der Waals surface area (Å²) in [5.41, 5.74) is 10.2. The smallest absolute Gasteiger partial charge is 0.248 e. The lowest BCUT2D eigenvalue weighted by atomic mass is 9.61. The topological polar surface area (TPSA) is 58.4 Å². The predicted octanol–water partition coefficient (Wildman–Crippen LogP) is 2.50. The number of piperidine rings is 1. The third kappa shape index (κ3) is 3.28. The Balaban J connectivity index is 1.61. The zero-order chi connectivity index (χ0) is 19.0. The molecule has 1 saturated heterocycles. The van der Waals surface area contributed by atoms with Gasteiger partial charge in [0.2, 0.25) is 5.91 Å². The van der Waals surface area contributed by atoms with Gasteiger partial charge in [0, 0.05) is 23.1 Å². The average molecular weight is 364 g/mol. The monoisotopic (exact) mass is 363 g/mol. The van der Waals surface area contributed by atoms with E-state index in [0.29, 0.717) is 17.6 Å². The number of nitrogens with two attached hydrogens (primary N) is 1. The third-order valence-corrected chi connectivity index (χ3v) is 6.68. The van der Waals surface area contributed by atoms with Crippen LogP contribution in [-0.4, -0.2) is 43.0 Å². The predicted molar refractivity (Wildman–Crippen MR) is 109 cm³/mol. The second kappa shape index (κ2) is 7.10. The molecule has 142 valence electrons. The van der Waals surface area contributed by atoms with Crippen LogP contribution in [0.5, 0.6) is 0 Å². The van der Waals surface area contributed by atoms with Gasteiger partial charge in [-0.2, -0.15) is 0 Å². The number of carbonyl (C=O) groups excluding carboxylic acids is 1. The molecule has 27 heavy (non-hydrogen) atoms. The van der Waals surface area contributed by atoms with Crippen LogP contribution in [0.15, 0.2) is 48.5 Å². The maximum atomic E-state index is 11.7. The van der Waals surface area contributed by atoms with E-state index < -0.39 is 0 Å². The van der Waals surface area contributed by atoms with E-state index in [1.807, 2.05) is 12.1 Å². The maximum absolute atomic E-state index is 11.7. The molecule has 1 aliphatic carbocycles. The van der Waals surface area contributed by atoms with Gasteiger partial charge in [0.1, 0.15) is 0 Å². The van der Waals surface area contributed by atoms with Crippen LogP contribution in [0, 0.1) is 0 Å². The standard InChI is InChI=1S/C23H29N3O/c1-23-11-13-26(2)20(15-17-8-9-18(22(24)27)14-19(17)23)21(23)25-12-10-16-6-4-3-5-7-16/h3-9,14,20-21,25H,10-13,15H2,1-2H3,(H2,24,27)/t20-,21-,23-/m1/s1. The summed E-state index contributed by atoms with van der Waals surface area (Å²) >= 11 is 0. The highest BCUT2D eigenvalue weighted by Gasteiger charge is 2.49. The number of likely N-dealkylation sites (N-methyl/N-ethyl adjacent to an activating group) is 1. The van der Waals surface area contributed by atoms with E-state index >= 15 is 0 Å². The summed E-state index contributed by atoms with van der Waals surface area (Å²) in [5, 5.41) is 3.87. The SMILES string of the molecule is CN1CC[C@]2(C)c3cc(C(N)=O)ccc3C[C@@H]1[C@H]2NCCc1ccccc1. The molecular weight excluding hydrogens is 334 g/mol. The van der Waals surface area contributed by atoms with Gasteiger partial charge < -0.3 is 16.0 Å². The number of hydrogen-bond acceptors (Lipinski definition) is 3. The number of amides is 1. The molecule has 3 N–H and O–H groups in total. The van der Waals surface area contributed by atoms with E-state index in [1.165, 1.54) is 16.7 Å². The second-order valence-electron chi connectivity index (χ2n) is 8.32. The molecule has 1 fully saturated rings. The Hall–Kier alpha value is -2.17. The molecule has 0 aromatic heterocycles. The van der Waals surface area contributed by atoms with Crippen LogP contribution in [0.2, 0.25) is 0 Å². The number of primary amides is 1. The van der Waals surface area contributed by atoms with Crippen LogP contribution < -0.4 is 11.1 Å². The number of hydrogen-bond donors (Lipinski definition) is 2. The third-order valence-electron chi connectivity index (χ3n) is 6.68. The Bertz CT molecular complexity index is 835. The van der Waals surface area contributed by atoms with Gasteiger partial charge in [-0.3, -0.25) is 4.79 Å². The summed E-state index contributed by atoms with van der Waals surface area (Å²) < 4.78 is 0. The molecule has 2 aromatic rings. The van der Waals surface area contributed by atoms with Crippen LogP contribution >= 0.6 is 0 Å². The molecule has 2 aliphatic rings. The van der Waals surface area contributed by atoms with Crippen LogP contribution in [0.25, 0.3) is 0 Å². The van der Waals surface area contributed by atoms with Gasteiger partial charge in [-0.15, -0.1) is 0 Å². The highest BCUT2D eigenvalue weighted by atomic mass is 16.1. The molecule has 0 radical (unpaired) electrons. The van der Waals surface area contributed by atoms with Crippen LogP contribution in [0.1, 0.15) is 40.4 Å². The first kappa shape index (κ1) is 18.2. The molecule has 0 unspecified atom stereocenters. The number of rotatable bonds is 5. The number of benzene rings is 2. The molecule has 4 rings (SSSR count). The van der Waals surface area contributed by atoms with Crippen molar-refractivity contribution in [3.8, 4) is 0 Å². The quantitative estimate of drug-likeness (QED) is 0.858. The van der Waals surface area contributed by atoms with Gasteiger partial charge in [0.05, 0.1) is 0 Å². The van der Waals surface area contributed by atoms with Crippen LogP contribution in [-0.2, 0) is 18.3 Å². The lowest BCUT2D eigenvalue weighted by Crippen LogP contribution is -2.66. The molecule has 1 amide bonds. The Kier molecular flexibility index (Phi) is 4.79. The summed E-state index contributed by atoms with van der Waals surface area (Å²) in [6.07, 6.45) is 3.12. The first-order valence-electron chi connectivity index (χ1n) is 9.90. The van der Waals surface area contributed by atoms with Gasteiger partial charge >= 0.3 is 0 Å². The van der Waals surface area contributed by atoms with E-state index in [-0.39, 0.29) is 11.3 Å². The molecule has 2 bridgehead atoms. The minimum atomic E-state index is -0.343. The average Bonchev–Trinajstić information content (AvgIpc) is 2.67. The molecule has 3 atom stereocenters. The molecule has 4 heteroatoms. The van der Waals surface area contributed by atoms with Crippen molar-refractivity contribution in [2.75, 3.05) is 20.1 Å². The molecule has 1 aliphatic heterocycles. The van der Waals surface area contributed by atoms with Gasteiger partial charge in [-0.1, -0.05) is 43.3 Å². The number of carbonyl (C=O) groups is 1. The van der Waals surface area contributed by atoms with Gasteiger partial charge in [-0.05, 0) is 68.2 Å². The zero-order valence-electron chi connectivity index (χ0n) is 16.2. The summed E-state index contributed by atoms with van der Waals surface area (Å²) in [5.74, 6) is -0.343. The first-order valence-corrected chi connectivity index (χ1v) is 9.90. The van der Waals surface area contributed by atoms with Crippen molar-refractivity contribution in [1.29, 1.82) is 0 Å². The maximum Gasteiger partial charge on any atom is 0.248 e. The summed E-state index contributed by atoms with van der Waals surface area (Å²) in [6, 6.07) is 17.5. The lowest BCUT2D eigenvalue weighted by Gasteiger charge is -2.55. The Morgan fingerprint density at radius 3 is 2.78 bits per heavy atom. The molecule has 2 aromatic carbocycles. The second-order valence-corrected chi connectivity index (χ2v) is 8.32. The largest absolute Gasteiger partial charge is 0.366 e. The van der Waals surface area contributed by atoms with Gasteiger partial charge in [0.25, 0.3) is 0 Å². The van der Waals surface area contributed by atoms with E-state index in [0.717, 1.165) is 32.4 Å². The van der Waals surface area contributed by atoms with E-state index in [1.54, 1.807) is 0 Å². The molecule has 4 nitrogen and oxygen atoms in total. The molecule has 0 saturated carbocycles. The number of likely N-dealkylation sites (tertiary alicyclic amines) is 1. The fourth-order valence-electron chi connectivity index (χ4n) is 5.03. The number of nitrogens with zero attached hydrogens (tertiary/aromatic N) is 1. The number of nitrogens with one attached hydrogen (secondary N) is 1. The van der Waals surface area contributed by atoms with Gasteiger partial charge in [0.15, 0.2) is 0 Å². The normalized spacial score (nSPS) is 27.2. The molecule has 1 heterocycles. The fourth-order valence-corrected chi connectivity index (χ4v) is 5.03. The van der Waals surface area contributed by atoms with Crippen LogP contribution in [0.3, 0.4) is 0 Å². The minimum Gasteiger partial charge on any atom is -0.366 e. The minimum absolute atomic E-state index is 0.0207. The Labute approximate surface area is 161 Å². The van der Waals surface area contributed by atoms with Crippen molar-refractivity contribution in [1.82, 2.24) is 10.2 Å². The highest BCUT2D eigenvalue weighted by molar-refractivity contribution is 5.93. The summed E-state index contributed by atoms with van der Waals surface area (Å²) in [4.78, 5) is 14.2. The Morgan fingerprint density at radius 1 is 1.26 bits per heavy atom. The Morgan fingerprint density at radius 2 is 2.04 bits per heavy atom. The van der Waals surface area contributed by atoms with Crippen molar-refractivity contribution in [3.05, 3.63) is 70.8 Å². The van der Waals surface area contributed by atoms with Crippen LogP contribution in [0.4, 0.5) is 0 Å².